The molecule has 0 saturated heterocycles. The van der Waals surface area contributed by atoms with E-state index in [1.165, 1.54) is 35.2 Å². The third-order valence-corrected chi connectivity index (χ3v) is 8.24. The molecule has 3 rings (SSSR count). The number of halogens is 2. The van der Waals surface area contributed by atoms with Crippen LogP contribution < -0.4 is 9.62 Å². The molecule has 202 valence electrons. The molecule has 0 aliphatic carbocycles. The standard InChI is InChI=1S/C28H31BrFN3O4S/c1-3-4-17-31-28(35)21(2)32(19-22-11-10-12-23(29)18-22)27(34)20-33(26-16-9-8-15-25(26)30)38(36,37)24-13-6-5-7-14-24/h5-16,18,21H,3-4,17,19-20H2,1-2H3,(H,31,35)/t21-/m0/s1. The summed E-state index contributed by atoms with van der Waals surface area (Å²) in [6, 6.07) is 19.3. The van der Waals surface area contributed by atoms with Gasteiger partial charge in [0.15, 0.2) is 0 Å². The summed E-state index contributed by atoms with van der Waals surface area (Å²) in [7, 11) is -4.31. The van der Waals surface area contributed by atoms with Gasteiger partial charge in [0.25, 0.3) is 10.0 Å². The smallest absolute Gasteiger partial charge is 0.264 e. The van der Waals surface area contributed by atoms with Crippen LogP contribution in [-0.4, -0.2) is 44.3 Å². The van der Waals surface area contributed by atoms with Crippen LogP contribution in [0.4, 0.5) is 10.1 Å². The Hall–Kier alpha value is -3.24. The molecule has 0 bridgehead atoms. The van der Waals surface area contributed by atoms with E-state index in [2.05, 4.69) is 21.2 Å². The van der Waals surface area contributed by atoms with Crippen LogP contribution in [0.3, 0.4) is 0 Å². The highest BCUT2D eigenvalue weighted by atomic mass is 79.9. The molecule has 0 heterocycles. The number of nitrogens with zero attached hydrogens (tertiary/aromatic N) is 2. The fourth-order valence-electron chi connectivity index (χ4n) is 3.84. The molecule has 0 fully saturated rings. The van der Waals surface area contributed by atoms with E-state index in [1.807, 2.05) is 25.1 Å². The monoisotopic (exact) mass is 603 g/mol. The molecule has 2 amide bonds. The Kier molecular flexibility index (Phi) is 10.4. The molecule has 0 spiro atoms. The van der Waals surface area contributed by atoms with Crippen LogP contribution >= 0.6 is 15.9 Å². The van der Waals surface area contributed by atoms with Crippen LogP contribution in [0.5, 0.6) is 0 Å². The number of benzene rings is 3. The van der Waals surface area contributed by atoms with Gasteiger partial charge in [-0.1, -0.05) is 71.7 Å². The molecule has 0 unspecified atom stereocenters. The summed E-state index contributed by atoms with van der Waals surface area (Å²) >= 11 is 3.42. The van der Waals surface area contributed by atoms with Gasteiger partial charge >= 0.3 is 0 Å². The lowest BCUT2D eigenvalue weighted by Crippen LogP contribution is -2.51. The number of hydrogen-bond donors (Lipinski definition) is 1. The zero-order chi connectivity index (χ0) is 27.7. The number of para-hydroxylation sites is 1. The molecular formula is C28H31BrFN3O4S. The van der Waals surface area contributed by atoms with Gasteiger partial charge in [-0.3, -0.25) is 13.9 Å². The number of amides is 2. The third-order valence-electron chi connectivity index (χ3n) is 5.97. The van der Waals surface area contributed by atoms with Gasteiger partial charge in [-0.05, 0) is 55.3 Å². The second-order valence-corrected chi connectivity index (χ2v) is 11.5. The molecule has 1 N–H and O–H groups in total. The quantitative estimate of drug-likeness (QED) is 0.291. The number of sulfonamides is 1. The van der Waals surface area contributed by atoms with E-state index in [0.29, 0.717) is 6.54 Å². The van der Waals surface area contributed by atoms with E-state index in [0.717, 1.165) is 33.2 Å². The van der Waals surface area contributed by atoms with Gasteiger partial charge in [0.1, 0.15) is 18.4 Å². The highest BCUT2D eigenvalue weighted by Gasteiger charge is 2.33. The van der Waals surface area contributed by atoms with Crippen molar-refractivity contribution in [3.63, 3.8) is 0 Å². The Bertz CT molecular complexity index is 1350. The summed E-state index contributed by atoms with van der Waals surface area (Å²) in [6.45, 7) is 3.41. The van der Waals surface area contributed by atoms with Gasteiger partial charge < -0.3 is 10.2 Å². The van der Waals surface area contributed by atoms with Crippen LogP contribution in [0, 0.1) is 5.82 Å². The van der Waals surface area contributed by atoms with Crippen molar-refractivity contribution in [3.8, 4) is 0 Å². The molecule has 3 aromatic carbocycles. The molecule has 0 aliphatic heterocycles. The average Bonchev–Trinajstić information content (AvgIpc) is 2.91. The van der Waals surface area contributed by atoms with Crippen molar-refractivity contribution in [3.05, 3.63) is 94.7 Å². The fourth-order valence-corrected chi connectivity index (χ4v) is 5.73. The molecular weight excluding hydrogens is 573 g/mol. The van der Waals surface area contributed by atoms with Crippen molar-refractivity contribution in [2.75, 3.05) is 17.4 Å². The summed E-state index contributed by atoms with van der Waals surface area (Å²) < 4.78 is 43.7. The third kappa shape index (κ3) is 7.41. The zero-order valence-electron chi connectivity index (χ0n) is 21.3. The van der Waals surface area contributed by atoms with Crippen LogP contribution in [0.2, 0.25) is 0 Å². The molecule has 0 aromatic heterocycles. The Labute approximate surface area is 231 Å². The lowest BCUT2D eigenvalue weighted by Gasteiger charge is -2.32. The lowest BCUT2D eigenvalue weighted by atomic mass is 10.1. The number of anilines is 1. The zero-order valence-corrected chi connectivity index (χ0v) is 23.7. The molecule has 38 heavy (non-hydrogen) atoms. The number of carbonyl (C=O) groups excluding carboxylic acids is 2. The Balaban J connectivity index is 2.00. The summed E-state index contributed by atoms with van der Waals surface area (Å²) in [6.07, 6.45) is 1.68. The van der Waals surface area contributed by atoms with E-state index in [-0.39, 0.29) is 23.0 Å². The van der Waals surface area contributed by atoms with E-state index >= 15 is 0 Å². The number of nitrogens with one attached hydrogen (secondary N) is 1. The van der Waals surface area contributed by atoms with Crippen molar-refractivity contribution >= 4 is 43.5 Å². The number of carbonyl (C=O) groups is 2. The van der Waals surface area contributed by atoms with Crippen LogP contribution in [0.25, 0.3) is 0 Å². The van der Waals surface area contributed by atoms with Crippen molar-refractivity contribution < 1.29 is 22.4 Å². The summed E-state index contributed by atoms with van der Waals surface area (Å²) in [5.41, 5.74) is 0.483. The number of unbranched alkanes of at least 4 members (excludes halogenated alkanes) is 1. The van der Waals surface area contributed by atoms with Crippen molar-refractivity contribution in [1.29, 1.82) is 0 Å². The topological polar surface area (TPSA) is 86.8 Å². The molecule has 3 aromatic rings. The van der Waals surface area contributed by atoms with Crippen LogP contribution in [-0.2, 0) is 26.2 Å². The van der Waals surface area contributed by atoms with Gasteiger partial charge in [-0.25, -0.2) is 12.8 Å². The van der Waals surface area contributed by atoms with E-state index < -0.39 is 34.3 Å². The van der Waals surface area contributed by atoms with E-state index in [4.69, 9.17) is 0 Å². The van der Waals surface area contributed by atoms with Gasteiger partial charge in [-0.15, -0.1) is 0 Å². The second-order valence-electron chi connectivity index (χ2n) is 8.75. The first-order chi connectivity index (χ1) is 18.1. The molecule has 7 nitrogen and oxygen atoms in total. The van der Waals surface area contributed by atoms with Gasteiger partial charge in [0, 0.05) is 17.6 Å². The fraction of sp³-hybridized carbons (Fsp3) is 0.286. The first-order valence-corrected chi connectivity index (χ1v) is 14.5. The number of hydrogen-bond acceptors (Lipinski definition) is 4. The Morgan fingerprint density at radius 2 is 1.68 bits per heavy atom. The summed E-state index contributed by atoms with van der Waals surface area (Å²) in [4.78, 5) is 28.0. The summed E-state index contributed by atoms with van der Waals surface area (Å²) in [5, 5.41) is 2.83. The predicted molar refractivity (Wildman–Crippen MR) is 149 cm³/mol. The average molecular weight is 605 g/mol. The minimum atomic E-state index is -4.31. The van der Waals surface area contributed by atoms with Crippen molar-refractivity contribution in [1.82, 2.24) is 10.2 Å². The molecule has 1 atom stereocenters. The van der Waals surface area contributed by atoms with Crippen molar-refractivity contribution in [2.24, 2.45) is 0 Å². The first kappa shape index (κ1) is 29.3. The Morgan fingerprint density at radius 1 is 1.00 bits per heavy atom. The SMILES string of the molecule is CCCCNC(=O)[C@H](C)N(Cc1cccc(Br)c1)C(=O)CN(c1ccccc1F)S(=O)(=O)c1ccccc1. The minimum Gasteiger partial charge on any atom is -0.354 e. The van der Waals surface area contributed by atoms with E-state index in [1.54, 1.807) is 31.2 Å². The van der Waals surface area contributed by atoms with Gasteiger partial charge in [-0.2, -0.15) is 0 Å². The Morgan fingerprint density at radius 3 is 2.34 bits per heavy atom. The highest BCUT2D eigenvalue weighted by Crippen LogP contribution is 2.27. The maximum absolute atomic E-state index is 14.9. The molecule has 0 saturated carbocycles. The van der Waals surface area contributed by atoms with Gasteiger partial charge in [0.05, 0.1) is 10.6 Å². The van der Waals surface area contributed by atoms with Gasteiger partial charge in [0.2, 0.25) is 11.8 Å². The lowest BCUT2D eigenvalue weighted by molar-refractivity contribution is -0.139. The maximum Gasteiger partial charge on any atom is 0.264 e. The predicted octanol–water partition coefficient (Wildman–Crippen LogP) is 5.12. The highest BCUT2D eigenvalue weighted by molar-refractivity contribution is 9.10. The second kappa shape index (κ2) is 13.5. The molecule has 10 heteroatoms. The normalized spacial score (nSPS) is 12.0. The maximum atomic E-state index is 14.9. The molecule has 0 radical (unpaired) electrons. The summed E-state index contributed by atoms with van der Waals surface area (Å²) in [5.74, 6) is -1.79. The number of rotatable bonds is 12. The first-order valence-electron chi connectivity index (χ1n) is 12.3. The van der Waals surface area contributed by atoms with E-state index in [9.17, 15) is 22.4 Å². The largest absolute Gasteiger partial charge is 0.354 e. The van der Waals surface area contributed by atoms with Crippen LogP contribution in [0.15, 0.2) is 88.2 Å². The molecule has 0 aliphatic rings. The van der Waals surface area contributed by atoms with Crippen molar-refractivity contribution in [2.45, 2.75) is 44.2 Å². The minimum absolute atomic E-state index is 0.0527. The van der Waals surface area contributed by atoms with Crippen LogP contribution in [0.1, 0.15) is 32.3 Å².